The highest BCUT2D eigenvalue weighted by molar-refractivity contribution is 5.65. The van der Waals surface area contributed by atoms with Crippen LogP contribution in [0.3, 0.4) is 0 Å². The van der Waals surface area contributed by atoms with E-state index in [2.05, 4.69) is 39.5 Å². The summed E-state index contributed by atoms with van der Waals surface area (Å²) in [6.45, 7) is 7.21. The van der Waals surface area contributed by atoms with Gasteiger partial charge in [-0.25, -0.2) is 9.97 Å². The van der Waals surface area contributed by atoms with Crippen molar-refractivity contribution in [1.29, 1.82) is 0 Å². The smallest absolute Gasteiger partial charge is 0.139 e. The lowest BCUT2D eigenvalue weighted by Crippen LogP contribution is -2.09. The fourth-order valence-electron chi connectivity index (χ4n) is 2.25. The van der Waals surface area contributed by atoms with Crippen molar-refractivity contribution in [2.24, 2.45) is 7.05 Å². The van der Waals surface area contributed by atoms with Gasteiger partial charge in [-0.3, -0.25) is 4.68 Å². The first-order chi connectivity index (χ1) is 10.2. The molecule has 2 aromatic heterocycles. The van der Waals surface area contributed by atoms with Crippen LogP contribution in [0.5, 0.6) is 0 Å². The largest absolute Gasteiger partial charge is 0.370 e. The molecule has 0 aliphatic rings. The molecule has 6 heteroatoms. The number of hydrogen-bond acceptors (Lipinski definition) is 5. The lowest BCUT2D eigenvalue weighted by atomic mass is 10.1. The van der Waals surface area contributed by atoms with E-state index in [0.717, 1.165) is 54.4 Å². The van der Waals surface area contributed by atoms with E-state index in [-0.39, 0.29) is 0 Å². The zero-order valence-electron chi connectivity index (χ0n) is 13.3. The summed E-state index contributed by atoms with van der Waals surface area (Å²) < 4.78 is 1.80. The fraction of sp³-hybridized carbons (Fsp3) is 0.533. The maximum Gasteiger partial charge on any atom is 0.139 e. The predicted molar refractivity (Wildman–Crippen MR) is 86.0 cm³/mol. The summed E-state index contributed by atoms with van der Waals surface area (Å²) in [7, 11) is 1.92. The van der Waals surface area contributed by atoms with Crippen LogP contribution >= 0.6 is 0 Å². The van der Waals surface area contributed by atoms with Crippen LogP contribution in [-0.4, -0.2) is 26.3 Å². The van der Waals surface area contributed by atoms with Gasteiger partial charge in [0.2, 0.25) is 0 Å². The average molecular weight is 288 g/mol. The van der Waals surface area contributed by atoms with Gasteiger partial charge in [-0.1, -0.05) is 20.3 Å². The van der Waals surface area contributed by atoms with Crippen molar-refractivity contribution in [2.45, 2.75) is 40.0 Å². The van der Waals surface area contributed by atoms with Crippen molar-refractivity contribution in [2.75, 3.05) is 17.2 Å². The number of nitrogens with zero attached hydrogens (tertiary/aromatic N) is 4. The maximum atomic E-state index is 4.41. The summed E-state index contributed by atoms with van der Waals surface area (Å²) in [5.41, 5.74) is 3.08. The van der Waals surface area contributed by atoms with E-state index in [0.29, 0.717) is 0 Å². The number of nitrogens with one attached hydrogen (secondary N) is 2. The van der Waals surface area contributed by atoms with Crippen LogP contribution < -0.4 is 10.6 Å². The van der Waals surface area contributed by atoms with Crippen molar-refractivity contribution in [1.82, 2.24) is 19.7 Å². The quantitative estimate of drug-likeness (QED) is 0.819. The van der Waals surface area contributed by atoms with Crippen molar-refractivity contribution >= 4 is 17.3 Å². The zero-order chi connectivity index (χ0) is 15.2. The predicted octanol–water partition coefficient (Wildman–Crippen LogP) is 3.04. The van der Waals surface area contributed by atoms with Crippen LogP contribution in [0.1, 0.15) is 37.9 Å². The Morgan fingerprint density at radius 2 is 1.90 bits per heavy atom. The van der Waals surface area contributed by atoms with Crippen LogP contribution in [0.2, 0.25) is 0 Å². The molecule has 2 N–H and O–H groups in total. The van der Waals surface area contributed by atoms with Crippen molar-refractivity contribution in [3.8, 4) is 0 Å². The molecule has 0 atom stereocenters. The topological polar surface area (TPSA) is 67.7 Å². The molecule has 0 fully saturated rings. The first-order valence-electron chi connectivity index (χ1n) is 7.50. The number of aryl methyl sites for hydroxylation is 2. The second kappa shape index (κ2) is 7.06. The molecule has 2 heterocycles. The number of aromatic nitrogens is 4. The molecule has 0 amide bonds. The van der Waals surface area contributed by atoms with Gasteiger partial charge in [0.15, 0.2) is 0 Å². The van der Waals surface area contributed by atoms with Crippen LogP contribution in [0.4, 0.5) is 17.3 Å². The van der Waals surface area contributed by atoms with E-state index >= 15 is 0 Å². The Morgan fingerprint density at radius 1 is 1.14 bits per heavy atom. The maximum absolute atomic E-state index is 4.41. The van der Waals surface area contributed by atoms with Gasteiger partial charge in [-0.05, 0) is 19.8 Å². The third-order valence-electron chi connectivity index (χ3n) is 3.25. The summed E-state index contributed by atoms with van der Waals surface area (Å²) in [4.78, 5) is 8.79. The van der Waals surface area contributed by atoms with Gasteiger partial charge in [-0.15, -0.1) is 0 Å². The molecule has 2 aromatic rings. The molecule has 0 unspecified atom stereocenters. The average Bonchev–Trinajstić information content (AvgIpc) is 2.77. The molecule has 2 rings (SSSR count). The summed E-state index contributed by atoms with van der Waals surface area (Å²) in [5.74, 6) is 1.79. The molecule has 114 valence electrons. The van der Waals surface area contributed by atoms with Gasteiger partial charge < -0.3 is 10.6 Å². The Morgan fingerprint density at radius 3 is 2.52 bits per heavy atom. The van der Waals surface area contributed by atoms with Crippen LogP contribution in [0.15, 0.2) is 12.5 Å². The minimum atomic E-state index is 0.863. The van der Waals surface area contributed by atoms with Gasteiger partial charge in [-0.2, -0.15) is 5.10 Å². The summed E-state index contributed by atoms with van der Waals surface area (Å²) >= 11 is 0. The van der Waals surface area contributed by atoms with Gasteiger partial charge in [0.05, 0.1) is 11.4 Å². The van der Waals surface area contributed by atoms with E-state index in [4.69, 9.17) is 0 Å². The third kappa shape index (κ3) is 3.71. The van der Waals surface area contributed by atoms with E-state index in [1.165, 1.54) is 0 Å². The van der Waals surface area contributed by atoms with Gasteiger partial charge in [0.1, 0.15) is 18.0 Å². The first kappa shape index (κ1) is 15.3. The molecular weight excluding hydrogens is 264 g/mol. The molecule has 0 aromatic carbocycles. The number of rotatable bonds is 7. The SMILES string of the molecule is CCCNc1ncnc(Nc2cn(C)nc2C)c1CCC. The lowest BCUT2D eigenvalue weighted by molar-refractivity contribution is 0.756. The van der Waals surface area contributed by atoms with E-state index in [1.807, 2.05) is 20.2 Å². The summed E-state index contributed by atoms with van der Waals surface area (Å²) in [5, 5.41) is 11.1. The Kier molecular flexibility index (Phi) is 5.14. The Bertz CT molecular complexity index is 590. The highest BCUT2D eigenvalue weighted by Crippen LogP contribution is 2.26. The highest BCUT2D eigenvalue weighted by atomic mass is 15.3. The molecule has 6 nitrogen and oxygen atoms in total. The van der Waals surface area contributed by atoms with Gasteiger partial charge in [0, 0.05) is 25.4 Å². The van der Waals surface area contributed by atoms with E-state index in [1.54, 1.807) is 11.0 Å². The monoisotopic (exact) mass is 288 g/mol. The van der Waals surface area contributed by atoms with Crippen LogP contribution in [-0.2, 0) is 13.5 Å². The van der Waals surface area contributed by atoms with Gasteiger partial charge >= 0.3 is 0 Å². The van der Waals surface area contributed by atoms with E-state index in [9.17, 15) is 0 Å². The van der Waals surface area contributed by atoms with Crippen molar-refractivity contribution in [3.63, 3.8) is 0 Å². The zero-order valence-corrected chi connectivity index (χ0v) is 13.3. The Hall–Kier alpha value is -2.11. The molecule has 0 aliphatic heterocycles. The highest BCUT2D eigenvalue weighted by Gasteiger charge is 2.12. The summed E-state index contributed by atoms with van der Waals surface area (Å²) in [6.07, 6.45) is 6.63. The molecule has 0 saturated heterocycles. The standard InChI is InChI=1S/C15H24N6/c1-5-7-12-14(16-8-6-2)17-10-18-15(12)19-13-9-21(4)20-11(13)3/h9-10H,5-8H2,1-4H3,(H2,16,17,18,19). The fourth-order valence-corrected chi connectivity index (χ4v) is 2.25. The second-order valence-corrected chi connectivity index (χ2v) is 5.15. The number of hydrogen-bond donors (Lipinski definition) is 2. The normalized spacial score (nSPS) is 10.7. The lowest BCUT2D eigenvalue weighted by Gasteiger charge is -2.14. The van der Waals surface area contributed by atoms with Crippen LogP contribution in [0, 0.1) is 6.92 Å². The van der Waals surface area contributed by atoms with Crippen LogP contribution in [0.25, 0.3) is 0 Å². The second-order valence-electron chi connectivity index (χ2n) is 5.15. The molecule has 0 spiro atoms. The summed E-state index contributed by atoms with van der Waals surface area (Å²) in [6, 6.07) is 0. The number of anilines is 3. The Balaban J connectivity index is 2.31. The third-order valence-corrected chi connectivity index (χ3v) is 3.25. The molecular formula is C15H24N6. The van der Waals surface area contributed by atoms with Crippen molar-refractivity contribution in [3.05, 3.63) is 23.8 Å². The Labute approximate surface area is 126 Å². The molecule has 21 heavy (non-hydrogen) atoms. The van der Waals surface area contributed by atoms with Gasteiger partial charge in [0.25, 0.3) is 0 Å². The van der Waals surface area contributed by atoms with E-state index < -0.39 is 0 Å². The van der Waals surface area contributed by atoms with Crippen molar-refractivity contribution < 1.29 is 0 Å². The molecule has 0 aliphatic carbocycles. The first-order valence-corrected chi connectivity index (χ1v) is 7.50. The minimum Gasteiger partial charge on any atom is -0.370 e. The molecule has 0 radical (unpaired) electrons. The molecule has 0 saturated carbocycles. The molecule has 0 bridgehead atoms. The minimum absolute atomic E-state index is 0.863.